The highest BCUT2D eigenvalue weighted by molar-refractivity contribution is 6.35. The minimum absolute atomic E-state index is 0.0446. The predicted octanol–water partition coefficient (Wildman–Crippen LogP) is 3.79. The molecule has 0 saturated carbocycles. The zero-order valence-corrected chi connectivity index (χ0v) is 14.5. The monoisotopic (exact) mass is 365 g/mol. The standard InChI is InChI=1S/C17H17Cl2N3O2/c1-2-20-17(24)11-4-3-5-14(6-11)21-10-16(23)22-15-8-12(18)7-13(19)9-15/h3-9,21H,2,10H2,1H3,(H,20,24)(H,22,23). The van der Waals surface area contributed by atoms with Crippen molar-refractivity contribution in [2.24, 2.45) is 0 Å². The zero-order valence-electron chi connectivity index (χ0n) is 13.0. The molecule has 0 radical (unpaired) electrons. The van der Waals surface area contributed by atoms with Crippen LogP contribution in [0, 0.1) is 0 Å². The van der Waals surface area contributed by atoms with Crippen molar-refractivity contribution in [2.75, 3.05) is 23.7 Å². The summed E-state index contributed by atoms with van der Waals surface area (Å²) in [6, 6.07) is 11.7. The fraction of sp³-hybridized carbons (Fsp3) is 0.176. The van der Waals surface area contributed by atoms with E-state index in [1.807, 2.05) is 6.92 Å². The molecule has 2 rings (SSSR count). The quantitative estimate of drug-likeness (QED) is 0.729. The predicted molar refractivity (Wildman–Crippen MR) is 98.0 cm³/mol. The van der Waals surface area contributed by atoms with Crippen LogP contribution in [0.1, 0.15) is 17.3 Å². The maximum atomic E-state index is 12.0. The maximum Gasteiger partial charge on any atom is 0.251 e. The van der Waals surface area contributed by atoms with Crippen molar-refractivity contribution in [1.82, 2.24) is 5.32 Å². The Balaban J connectivity index is 1.94. The Morgan fingerprint density at radius 3 is 2.38 bits per heavy atom. The fourth-order valence-electron chi connectivity index (χ4n) is 2.05. The molecular formula is C17H17Cl2N3O2. The molecule has 0 aromatic heterocycles. The molecule has 0 aliphatic carbocycles. The highest BCUT2D eigenvalue weighted by atomic mass is 35.5. The Labute approximate surface area is 150 Å². The topological polar surface area (TPSA) is 70.2 Å². The maximum absolute atomic E-state index is 12.0. The van der Waals surface area contributed by atoms with Crippen molar-refractivity contribution in [1.29, 1.82) is 0 Å². The molecule has 7 heteroatoms. The molecule has 24 heavy (non-hydrogen) atoms. The van der Waals surface area contributed by atoms with Crippen LogP contribution in [0.5, 0.6) is 0 Å². The summed E-state index contributed by atoms with van der Waals surface area (Å²) < 4.78 is 0. The summed E-state index contributed by atoms with van der Waals surface area (Å²) >= 11 is 11.8. The Hall–Kier alpha value is -2.24. The third kappa shape index (κ3) is 5.44. The summed E-state index contributed by atoms with van der Waals surface area (Å²) in [5, 5.41) is 9.29. The van der Waals surface area contributed by atoms with E-state index in [-0.39, 0.29) is 18.4 Å². The first-order valence-corrected chi connectivity index (χ1v) is 8.11. The zero-order chi connectivity index (χ0) is 17.5. The van der Waals surface area contributed by atoms with Crippen LogP contribution in [0.2, 0.25) is 10.0 Å². The number of carbonyl (C=O) groups excluding carboxylic acids is 2. The average molecular weight is 366 g/mol. The number of carbonyl (C=O) groups is 2. The van der Waals surface area contributed by atoms with E-state index >= 15 is 0 Å². The van der Waals surface area contributed by atoms with Gasteiger partial charge in [-0.25, -0.2) is 0 Å². The molecule has 0 aliphatic rings. The van der Waals surface area contributed by atoms with Gasteiger partial charge >= 0.3 is 0 Å². The number of rotatable bonds is 6. The lowest BCUT2D eigenvalue weighted by Gasteiger charge is -2.10. The third-order valence-electron chi connectivity index (χ3n) is 3.06. The van der Waals surface area contributed by atoms with Gasteiger partial charge in [0.25, 0.3) is 5.91 Å². The van der Waals surface area contributed by atoms with E-state index in [2.05, 4.69) is 16.0 Å². The van der Waals surface area contributed by atoms with Crippen molar-refractivity contribution < 1.29 is 9.59 Å². The van der Waals surface area contributed by atoms with E-state index in [0.29, 0.717) is 33.5 Å². The second-order valence-electron chi connectivity index (χ2n) is 5.00. The highest BCUT2D eigenvalue weighted by Crippen LogP contribution is 2.22. The molecule has 2 amide bonds. The van der Waals surface area contributed by atoms with Crippen LogP contribution in [-0.2, 0) is 4.79 Å². The minimum atomic E-state index is -0.253. The van der Waals surface area contributed by atoms with E-state index in [1.54, 1.807) is 42.5 Å². The minimum Gasteiger partial charge on any atom is -0.376 e. The molecule has 0 unspecified atom stereocenters. The molecule has 2 aromatic carbocycles. The number of hydrogen-bond acceptors (Lipinski definition) is 3. The molecule has 3 N–H and O–H groups in total. The first-order chi connectivity index (χ1) is 11.5. The van der Waals surface area contributed by atoms with Gasteiger partial charge in [0, 0.05) is 33.5 Å². The van der Waals surface area contributed by atoms with Crippen LogP contribution >= 0.6 is 23.2 Å². The molecule has 0 fully saturated rings. The molecule has 0 bridgehead atoms. The Kier molecular flexibility index (Phi) is 6.46. The molecule has 0 atom stereocenters. The van der Waals surface area contributed by atoms with Crippen molar-refractivity contribution in [3.8, 4) is 0 Å². The van der Waals surface area contributed by atoms with E-state index < -0.39 is 0 Å². The molecule has 0 spiro atoms. The Morgan fingerprint density at radius 1 is 1.00 bits per heavy atom. The molecule has 0 aliphatic heterocycles. The van der Waals surface area contributed by atoms with Crippen LogP contribution in [-0.4, -0.2) is 24.9 Å². The van der Waals surface area contributed by atoms with Crippen LogP contribution in [0.3, 0.4) is 0 Å². The summed E-state index contributed by atoms with van der Waals surface area (Å²) in [6.07, 6.45) is 0. The summed E-state index contributed by atoms with van der Waals surface area (Å²) in [6.45, 7) is 2.45. The van der Waals surface area contributed by atoms with E-state index in [1.165, 1.54) is 0 Å². The lowest BCUT2D eigenvalue weighted by Crippen LogP contribution is -2.23. The number of benzene rings is 2. The first kappa shape index (κ1) is 18.1. The number of amides is 2. The number of nitrogens with one attached hydrogen (secondary N) is 3. The molecule has 126 valence electrons. The summed E-state index contributed by atoms with van der Waals surface area (Å²) in [5.41, 5.74) is 1.73. The summed E-state index contributed by atoms with van der Waals surface area (Å²) in [5.74, 6) is -0.407. The average Bonchev–Trinajstić information content (AvgIpc) is 2.52. The largest absolute Gasteiger partial charge is 0.376 e. The molecule has 2 aromatic rings. The third-order valence-corrected chi connectivity index (χ3v) is 3.50. The van der Waals surface area contributed by atoms with Gasteiger partial charge in [-0.3, -0.25) is 9.59 Å². The summed E-state index contributed by atoms with van der Waals surface area (Å²) in [4.78, 5) is 23.8. The first-order valence-electron chi connectivity index (χ1n) is 7.36. The molecule has 5 nitrogen and oxygen atoms in total. The Morgan fingerprint density at radius 2 is 1.71 bits per heavy atom. The SMILES string of the molecule is CCNC(=O)c1cccc(NCC(=O)Nc2cc(Cl)cc(Cl)c2)c1. The van der Waals surface area contributed by atoms with Crippen molar-refractivity contribution in [3.05, 3.63) is 58.1 Å². The van der Waals surface area contributed by atoms with Crippen LogP contribution in [0.15, 0.2) is 42.5 Å². The van der Waals surface area contributed by atoms with Gasteiger partial charge in [0.2, 0.25) is 5.91 Å². The van der Waals surface area contributed by atoms with Gasteiger partial charge in [0.05, 0.1) is 6.54 Å². The summed E-state index contributed by atoms with van der Waals surface area (Å²) in [7, 11) is 0. The number of halogens is 2. The highest BCUT2D eigenvalue weighted by Gasteiger charge is 2.07. The van der Waals surface area contributed by atoms with Gasteiger partial charge in [-0.05, 0) is 43.3 Å². The van der Waals surface area contributed by atoms with E-state index in [0.717, 1.165) is 0 Å². The molecule has 0 heterocycles. The van der Waals surface area contributed by atoms with Crippen molar-refractivity contribution in [3.63, 3.8) is 0 Å². The lowest BCUT2D eigenvalue weighted by atomic mass is 10.2. The van der Waals surface area contributed by atoms with Gasteiger partial charge in [-0.1, -0.05) is 29.3 Å². The number of anilines is 2. The van der Waals surface area contributed by atoms with Gasteiger partial charge < -0.3 is 16.0 Å². The second kappa shape index (κ2) is 8.57. The van der Waals surface area contributed by atoms with Gasteiger partial charge in [0.1, 0.15) is 0 Å². The van der Waals surface area contributed by atoms with Gasteiger partial charge in [0.15, 0.2) is 0 Å². The van der Waals surface area contributed by atoms with Crippen molar-refractivity contribution >= 4 is 46.4 Å². The van der Waals surface area contributed by atoms with Gasteiger partial charge in [-0.2, -0.15) is 0 Å². The van der Waals surface area contributed by atoms with Gasteiger partial charge in [-0.15, -0.1) is 0 Å². The normalized spacial score (nSPS) is 10.1. The van der Waals surface area contributed by atoms with Crippen LogP contribution in [0.25, 0.3) is 0 Å². The number of hydrogen-bond donors (Lipinski definition) is 3. The lowest BCUT2D eigenvalue weighted by molar-refractivity contribution is -0.114. The smallest absolute Gasteiger partial charge is 0.251 e. The van der Waals surface area contributed by atoms with Crippen LogP contribution < -0.4 is 16.0 Å². The second-order valence-corrected chi connectivity index (χ2v) is 5.87. The van der Waals surface area contributed by atoms with E-state index in [4.69, 9.17) is 23.2 Å². The van der Waals surface area contributed by atoms with E-state index in [9.17, 15) is 9.59 Å². The molecular weight excluding hydrogens is 349 g/mol. The van der Waals surface area contributed by atoms with Crippen LogP contribution in [0.4, 0.5) is 11.4 Å². The van der Waals surface area contributed by atoms with Crippen molar-refractivity contribution in [2.45, 2.75) is 6.92 Å². The molecule has 0 saturated heterocycles. The fourth-order valence-corrected chi connectivity index (χ4v) is 2.57. The Bertz CT molecular complexity index is 730.